The van der Waals surface area contributed by atoms with E-state index in [-0.39, 0.29) is 5.41 Å². The van der Waals surface area contributed by atoms with Gasteiger partial charge in [-0.25, -0.2) is 4.79 Å². The average Bonchev–Trinajstić information content (AvgIpc) is 3.07. The van der Waals surface area contributed by atoms with E-state index in [1.807, 2.05) is 6.92 Å². The van der Waals surface area contributed by atoms with Crippen LogP contribution in [-0.2, 0) is 19.7 Å². The lowest BCUT2D eigenvalue weighted by Crippen LogP contribution is -2.45. The molecular formula is C23H31F3N2O4. The minimum Gasteiger partial charge on any atom is -0.475 e. The molecule has 178 valence electrons. The Morgan fingerprint density at radius 2 is 1.75 bits per heavy atom. The predicted molar refractivity (Wildman–Crippen MR) is 112 cm³/mol. The molecule has 4 rings (SSSR count). The molecule has 2 heterocycles. The van der Waals surface area contributed by atoms with Gasteiger partial charge in [0.2, 0.25) is 5.91 Å². The van der Waals surface area contributed by atoms with Gasteiger partial charge in [0.1, 0.15) is 0 Å². The van der Waals surface area contributed by atoms with Crippen LogP contribution in [0.1, 0.15) is 55.3 Å². The quantitative estimate of drug-likeness (QED) is 0.735. The van der Waals surface area contributed by atoms with Gasteiger partial charge in [0, 0.05) is 44.1 Å². The Kier molecular flexibility index (Phi) is 7.50. The van der Waals surface area contributed by atoms with Crippen LogP contribution in [0.3, 0.4) is 0 Å². The van der Waals surface area contributed by atoms with Crippen LogP contribution in [0.25, 0.3) is 0 Å². The van der Waals surface area contributed by atoms with Crippen molar-refractivity contribution >= 4 is 11.9 Å². The zero-order valence-electron chi connectivity index (χ0n) is 18.6. The highest BCUT2D eigenvalue weighted by Gasteiger charge is 2.47. The highest BCUT2D eigenvalue weighted by Crippen LogP contribution is 2.53. The van der Waals surface area contributed by atoms with Crippen molar-refractivity contribution in [1.29, 1.82) is 0 Å². The second-order valence-electron chi connectivity index (χ2n) is 8.78. The minimum absolute atomic E-state index is 0.260. The van der Waals surface area contributed by atoms with E-state index in [1.54, 1.807) is 5.56 Å². The first-order valence-electron chi connectivity index (χ1n) is 11.1. The third-order valence-electron chi connectivity index (χ3n) is 6.83. The van der Waals surface area contributed by atoms with Crippen molar-refractivity contribution in [1.82, 2.24) is 9.80 Å². The van der Waals surface area contributed by atoms with E-state index >= 15 is 0 Å². The number of carboxylic acids is 1. The standard InChI is InChI=1S/C21H30N2O2.C2HF3O2/c1-3-20(24)23-8-6-21(7-9-23)15-19(22-10-12-25-13-11-22)17-14-16(2)4-5-18(17)21;3-2(4,5)1(6)7/h4-5,14,19H,3,6-13,15H2,1-2H3;(H,6,7). The number of hydrogen-bond acceptors (Lipinski definition) is 4. The van der Waals surface area contributed by atoms with Crippen molar-refractivity contribution in [2.24, 2.45) is 0 Å². The normalized spacial score (nSPS) is 22.8. The summed E-state index contributed by atoms with van der Waals surface area (Å²) < 4.78 is 37.3. The van der Waals surface area contributed by atoms with Crippen molar-refractivity contribution in [2.45, 2.75) is 57.2 Å². The van der Waals surface area contributed by atoms with Crippen molar-refractivity contribution < 1.29 is 32.6 Å². The lowest BCUT2D eigenvalue weighted by Gasteiger charge is -2.41. The van der Waals surface area contributed by atoms with Gasteiger partial charge >= 0.3 is 12.1 Å². The Morgan fingerprint density at radius 1 is 1.16 bits per heavy atom. The number of nitrogens with zero attached hydrogens (tertiary/aromatic N) is 2. The molecule has 1 N–H and O–H groups in total. The molecule has 1 amide bonds. The van der Waals surface area contributed by atoms with Gasteiger partial charge in [-0.3, -0.25) is 9.69 Å². The maximum absolute atomic E-state index is 12.1. The number of piperidine rings is 1. The van der Waals surface area contributed by atoms with Crippen molar-refractivity contribution in [2.75, 3.05) is 39.4 Å². The lowest BCUT2D eigenvalue weighted by molar-refractivity contribution is -0.192. The molecular weight excluding hydrogens is 425 g/mol. The summed E-state index contributed by atoms with van der Waals surface area (Å²) in [7, 11) is 0. The molecule has 6 nitrogen and oxygen atoms in total. The van der Waals surface area contributed by atoms with Gasteiger partial charge in [-0.05, 0) is 37.3 Å². The SMILES string of the molecule is CCC(=O)N1CCC2(CC1)CC(N1CCOCC1)c1cc(C)ccc12.O=C(O)C(F)(F)F. The number of fused-ring (bicyclic) bond motifs is 2. The molecule has 1 aromatic rings. The van der Waals surface area contributed by atoms with Crippen LogP contribution >= 0.6 is 0 Å². The van der Waals surface area contributed by atoms with Crippen LogP contribution in [0, 0.1) is 6.92 Å². The molecule has 3 aliphatic rings. The van der Waals surface area contributed by atoms with E-state index in [1.165, 1.54) is 17.5 Å². The number of halogens is 3. The molecule has 2 saturated heterocycles. The second kappa shape index (κ2) is 9.79. The second-order valence-corrected chi connectivity index (χ2v) is 8.78. The number of morpholine rings is 1. The van der Waals surface area contributed by atoms with Gasteiger partial charge in [0.05, 0.1) is 13.2 Å². The maximum Gasteiger partial charge on any atom is 0.490 e. The van der Waals surface area contributed by atoms with Crippen molar-refractivity contribution in [3.8, 4) is 0 Å². The summed E-state index contributed by atoms with van der Waals surface area (Å²) in [5.41, 5.74) is 4.71. The average molecular weight is 457 g/mol. The molecule has 0 aromatic heterocycles. The third kappa shape index (κ3) is 5.26. The van der Waals surface area contributed by atoms with Crippen LogP contribution in [0.5, 0.6) is 0 Å². The summed E-state index contributed by atoms with van der Waals surface area (Å²) in [5, 5.41) is 7.12. The van der Waals surface area contributed by atoms with E-state index in [4.69, 9.17) is 14.6 Å². The van der Waals surface area contributed by atoms with Crippen LogP contribution in [0.4, 0.5) is 13.2 Å². The highest BCUT2D eigenvalue weighted by molar-refractivity contribution is 5.76. The summed E-state index contributed by atoms with van der Waals surface area (Å²) in [6, 6.07) is 7.58. The minimum atomic E-state index is -5.08. The zero-order valence-corrected chi connectivity index (χ0v) is 18.6. The number of carbonyl (C=O) groups is 2. The third-order valence-corrected chi connectivity index (χ3v) is 6.83. The van der Waals surface area contributed by atoms with Crippen molar-refractivity contribution in [3.63, 3.8) is 0 Å². The molecule has 0 saturated carbocycles. The number of alkyl halides is 3. The number of likely N-dealkylation sites (tertiary alicyclic amines) is 1. The Labute approximate surface area is 186 Å². The molecule has 2 aliphatic heterocycles. The van der Waals surface area contributed by atoms with E-state index < -0.39 is 12.1 Å². The van der Waals surface area contributed by atoms with Gasteiger partial charge in [-0.2, -0.15) is 13.2 Å². The summed E-state index contributed by atoms with van der Waals surface area (Å²) in [6.07, 6.45) is -1.04. The molecule has 1 unspecified atom stereocenters. The molecule has 1 spiro atoms. The topological polar surface area (TPSA) is 70.1 Å². The fraction of sp³-hybridized carbons (Fsp3) is 0.652. The smallest absolute Gasteiger partial charge is 0.475 e. The Morgan fingerprint density at radius 3 is 2.28 bits per heavy atom. The van der Waals surface area contributed by atoms with E-state index in [2.05, 4.69) is 34.9 Å². The summed E-state index contributed by atoms with van der Waals surface area (Å²) in [6.45, 7) is 9.76. The Hall–Kier alpha value is -2.13. The molecule has 9 heteroatoms. The number of rotatable bonds is 2. The number of aliphatic carboxylic acids is 1. The molecule has 1 aliphatic carbocycles. The lowest BCUT2D eigenvalue weighted by atomic mass is 9.73. The van der Waals surface area contributed by atoms with Gasteiger partial charge < -0.3 is 14.7 Å². The summed E-state index contributed by atoms with van der Waals surface area (Å²) >= 11 is 0. The van der Waals surface area contributed by atoms with Crippen LogP contribution in [-0.4, -0.2) is 72.4 Å². The van der Waals surface area contributed by atoms with Crippen LogP contribution < -0.4 is 0 Å². The maximum atomic E-state index is 12.1. The fourth-order valence-corrected chi connectivity index (χ4v) is 5.13. The monoisotopic (exact) mass is 456 g/mol. The summed E-state index contributed by atoms with van der Waals surface area (Å²) in [5.74, 6) is -2.45. The molecule has 2 fully saturated rings. The zero-order chi connectivity index (χ0) is 23.5. The number of carboxylic acid groups (broad SMARTS) is 1. The first kappa shape index (κ1) is 24.5. The first-order valence-corrected chi connectivity index (χ1v) is 11.1. The number of benzene rings is 1. The van der Waals surface area contributed by atoms with Gasteiger partial charge in [-0.1, -0.05) is 30.7 Å². The van der Waals surface area contributed by atoms with Gasteiger partial charge in [-0.15, -0.1) is 0 Å². The van der Waals surface area contributed by atoms with Gasteiger partial charge in [0.25, 0.3) is 0 Å². The largest absolute Gasteiger partial charge is 0.490 e. The van der Waals surface area contributed by atoms with Crippen molar-refractivity contribution in [3.05, 3.63) is 34.9 Å². The fourth-order valence-electron chi connectivity index (χ4n) is 5.13. The summed E-state index contributed by atoms with van der Waals surface area (Å²) in [4.78, 5) is 25.7. The predicted octanol–water partition coefficient (Wildman–Crippen LogP) is 3.68. The first-order chi connectivity index (χ1) is 15.1. The van der Waals surface area contributed by atoms with Gasteiger partial charge in [0.15, 0.2) is 0 Å². The Balaban J connectivity index is 0.000000360. The molecule has 1 aromatic carbocycles. The number of aryl methyl sites for hydroxylation is 1. The Bertz CT molecular complexity index is 829. The number of hydrogen-bond donors (Lipinski definition) is 1. The molecule has 32 heavy (non-hydrogen) atoms. The highest BCUT2D eigenvalue weighted by atomic mass is 19.4. The number of carbonyl (C=O) groups excluding carboxylic acids is 1. The van der Waals surface area contributed by atoms with E-state index in [0.717, 1.165) is 52.2 Å². The molecule has 1 atom stereocenters. The number of ether oxygens (including phenoxy) is 1. The molecule has 0 radical (unpaired) electrons. The van der Waals surface area contributed by atoms with E-state index in [0.29, 0.717) is 18.4 Å². The van der Waals surface area contributed by atoms with Crippen LogP contribution in [0.2, 0.25) is 0 Å². The number of amides is 1. The van der Waals surface area contributed by atoms with Crippen LogP contribution in [0.15, 0.2) is 18.2 Å². The molecule has 0 bridgehead atoms. The van der Waals surface area contributed by atoms with E-state index in [9.17, 15) is 18.0 Å².